The summed E-state index contributed by atoms with van der Waals surface area (Å²) in [6.07, 6.45) is 0. The number of nitrogens with one attached hydrogen (secondary N) is 1. The summed E-state index contributed by atoms with van der Waals surface area (Å²) in [6.45, 7) is 4.07. The van der Waals surface area contributed by atoms with Crippen LogP contribution < -0.4 is 15.8 Å². The molecule has 0 aliphatic carbocycles. The Balaban J connectivity index is 2.47. The van der Waals surface area contributed by atoms with Crippen LogP contribution in [0.2, 0.25) is 0 Å². The van der Waals surface area contributed by atoms with Gasteiger partial charge < -0.3 is 15.2 Å². The van der Waals surface area contributed by atoms with Crippen molar-refractivity contribution in [1.29, 1.82) is 0 Å². The van der Waals surface area contributed by atoms with Gasteiger partial charge in [-0.3, -0.25) is 10.1 Å². The number of esters is 1. The third kappa shape index (κ3) is 6.42. The molecule has 1 aromatic carbocycles. The van der Waals surface area contributed by atoms with E-state index in [1.54, 1.807) is 17.4 Å². The zero-order valence-electron chi connectivity index (χ0n) is 11.9. The quantitative estimate of drug-likeness (QED) is 0.763. The number of carbonyl (C=O) groups excluding carboxylic acids is 3. The molecule has 114 valence electrons. The number of hydrogen-bond donors (Lipinski definition) is 2. The van der Waals surface area contributed by atoms with Crippen LogP contribution in [0.4, 0.5) is 4.79 Å². The van der Waals surface area contributed by atoms with E-state index in [1.165, 1.54) is 12.1 Å². The maximum Gasteiger partial charge on any atom is 0.338 e. The zero-order valence-corrected chi connectivity index (χ0v) is 11.9. The lowest BCUT2D eigenvalue weighted by Crippen LogP contribution is -2.37. The Labute approximate surface area is 122 Å². The summed E-state index contributed by atoms with van der Waals surface area (Å²) in [5.41, 5.74) is 5.03. The van der Waals surface area contributed by atoms with Crippen LogP contribution >= 0.6 is 0 Å². The fraction of sp³-hybridized carbons (Fsp3) is 0.357. The predicted octanol–water partition coefficient (Wildman–Crippen LogP) is 1.07. The number of hydrogen-bond acceptors (Lipinski definition) is 5. The highest BCUT2D eigenvalue weighted by atomic mass is 16.5. The summed E-state index contributed by atoms with van der Waals surface area (Å²) in [4.78, 5) is 33.1. The van der Waals surface area contributed by atoms with E-state index in [0.717, 1.165) is 0 Å². The SMILES string of the molecule is CC(C)COc1ccc(C(=O)OCC(=O)NC(N)=O)cc1. The van der Waals surface area contributed by atoms with Gasteiger partial charge in [0.1, 0.15) is 5.75 Å². The van der Waals surface area contributed by atoms with Gasteiger partial charge >= 0.3 is 12.0 Å². The summed E-state index contributed by atoms with van der Waals surface area (Å²) < 4.78 is 10.2. The third-order valence-electron chi connectivity index (χ3n) is 2.27. The Kier molecular flexibility index (Phi) is 6.19. The first-order chi connectivity index (χ1) is 9.88. The highest BCUT2D eigenvalue weighted by Gasteiger charge is 2.11. The van der Waals surface area contributed by atoms with Crippen LogP contribution in [0.1, 0.15) is 24.2 Å². The lowest BCUT2D eigenvalue weighted by atomic mass is 10.2. The Morgan fingerprint density at radius 3 is 2.33 bits per heavy atom. The van der Waals surface area contributed by atoms with E-state index in [4.69, 9.17) is 15.2 Å². The average Bonchev–Trinajstić information content (AvgIpc) is 2.42. The Bertz CT molecular complexity index is 511. The van der Waals surface area contributed by atoms with Gasteiger partial charge in [0.25, 0.3) is 5.91 Å². The molecule has 1 aromatic rings. The van der Waals surface area contributed by atoms with Crippen molar-refractivity contribution in [3.8, 4) is 5.75 Å². The number of imide groups is 1. The molecule has 7 nitrogen and oxygen atoms in total. The molecule has 0 spiro atoms. The van der Waals surface area contributed by atoms with E-state index in [1.807, 2.05) is 13.8 Å². The van der Waals surface area contributed by atoms with E-state index in [9.17, 15) is 14.4 Å². The summed E-state index contributed by atoms with van der Waals surface area (Å²) in [6, 6.07) is 5.35. The number of nitrogens with two attached hydrogens (primary N) is 1. The monoisotopic (exact) mass is 294 g/mol. The zero-order chi connectivity index (χ0) is 15.8. The molecular weight excluding hydrogens is 276 g/mol. The minimum Gasteiger partial charge on any atom is -0.493 e. The van der Waals surface area contributed by atoms with E-state index >= 15 is 0 Å². The molecule has 0 atom stereocenters. The molecule has 21 heavy (non-hydrogen) atoms. The number of carbonyl (C=O) groups is 3. The number of benzene rings is 1. The molecule has 3 amide bonds. The third-order valence-corrected chi connectivity index (χ3v) is 2.27. The molecule has 1 rings (SSSR count). The van der Waals surface area contributed by atoms with Crippen LogP contribution in [0, 0.1) is 5.92 Å². The molecule has 0 fully saturated rings. The van der Waals surface area contributed by atoms with Crippen LogP contribution in [0.15, 0.2) is 24.3 Å². The molecular formula is C14H18N2O5. The van der Waals surface area contributed by atoms with Crippen LogP contribution in [-0.4, -0.2) is 31.1 Å². The second-order valence-electron chi connectivity index (χ2n) is 4.72. The molecule has 0 saturated carbocycles. The van der Waals surface area contributed by atoms with Gasteiger partial charge in [0.2, 0.25) is 0 Å². The largest absolute Gasteiger partial charge is 0.493 e. The Morgan fingerprint density at radius 2 is 1.81 bits per heavy atom. The van der Waals surface area contributed by atoms with Crippen molar-refractivity contribution in [2.24, 2.45) is 11.7 Å². The fourth-order valence-corrected chi connectivity index (χ4v) is 1.34. The first kappa shape index (κ1) is 16.5. The lowest BCUT2D eigenvalue weighted by molar-refractivity contribution is -0.123. The number of rotatable bonds is 6. The van der Waals surface area contributed by atoms with Crippen molar-refractivity contribution in [3.05, 3.63) is 29.8 Å². The summed E-state index contributed by atoms with van der Waals surface area (Å²) in [7, 11) is 0. The van der Waals surface area contributed by atoms with Crippen molar-refractivity contribution < 1.29 is 23.9 Å². The second kappa shape index (κ2) is 7.88. The van der Waals surface area contributed by atoms with Crippen molar-refractivity contribution in [3.63, 3.8) is 0 Å². The Hall–Kier alpha value is -2.57. The van der Waals surface area contributed by atoms with Gasteiger partial charge in [-0.25, -0.2) is 9.59 Å². The summed E-state index contributed by atoms with van der Waals surface area (Å²) in [5, 5.41) is 1.79. The van der Waals surface area contributed by atoms with Gasteiger partial charge in [-0.15, -0.1) is 0 Å². The van der Waals surface area contributed by atoms with Gasteiger partial charge in [-0.05, 0) is 30.2 Å². The standard InChI is InChI=1S/C14H18N2O5/c1-9(2)7-20-11-5-3-10(4-6-11)13(18)21-8-12(17)16-14(15)19/h3-6,9H,7-8H2,1-2H3,(H3,15,16,17,19). The Morgan fingerprint density at radius 1 is 1.19 bits per heavy atom. The minimum atomic E-state index is -0.997. The average molecular weight is 294 g/mol. The molecule has 3 N–H and O–H groups in total. The van der Waals surface area contributed by atoms with E-state index in [-0.39, 0.29) is 5.56 Å². The lowest BCUT2D eigenvalue weighted by Gasteiger charge is -2.09. The van der Waals surface area contributed by atoms with E-state index in [2.05, 4.69) is 0 Å². The minimum absolute atomic E-state index is 0.277. The van der Waals surface area contributed by atoms with Gasteiger partial charge in [0.05, 0.1) is 12.2 Å². The van der Waals surface area contributed by atoms with Gasteiger partial charge in [0.15, 0.2) is 6.61 Å². The molecule has 0 aliphatic heterocycles. The van der Waals surface area contributed by atoms with E-state index in [0.29, 0.717) is 18.3 Å². The topological polar surface area (TPSA) is 108 Å². The normalized spacial score (nSPS) is 10.0. The predicted molar refractivity (Wildman–Crippen MR) is 74.8 cm³/mol. The van der Waals surface area contributed by atoms with Crippen molar-refractivity contribution >= 4 is 17.9 Å². The molecule has 0 radical (unpaired) electrons. The first-order valence-corrected chi connectivity index (χ1v) is 6.37. The molecule has 0 bridgehead atoms. The molecule has 0 saturated heterocycles. The first-order valence-electron chi connectivity index (χ1n) is 6.37. The van der Waals surface area contributed by atoms with Crippen LogP contribution in [0.5, 0.6) is 5.75 Å². The van der Waals surface area contributed by atoms with Crippen molar-refractivity contribution in [2.45, 2.75) is 13.8 Å². The smallest absolute Gasteiger partial charge is 0.338 e. The molecule has 0 aliphatic rings. The van der Waals surface area contributed by atoms with Crippen LogP contribution in [-0.2, 0) is 9.53 Å². The highest BCUT2D eigenvalue weighted by Crippen LogP contribution is 2.13. The number of ether oxygens (including phenoxy) is 2. The van der Waals surface area contributed by atoms with Crippen LogP contribution in [0.25, 0.3) is 0 Å². The van der Waals surface area contributed by atoms with Gasteiger partial charge in [-0.1, -0.05) is 13.8 Å². The van der Waals surface area contributed by atoms with Gasteiger partial charge in [-0.2, -0.15) is 0 Å². The number of amides is 3. The maximum absolute atomic E-state index is 11.7. The fourth-order valence-electron chi connectivity index (χ4n) is 1.34. The van der Waals surface area contributed by atoms with Crippen LogP contribution in [0.3, 0.4) is 0 Å². The molecule has 0 heterocycles. The molecule has 0 unspecified atom stereocenters. The number of primary amides is 1. The van der Waals surface area contributed by atoms with E-state index < -0.39 is 24.5 Å². The highest BCUT2D eigenvalue weighted by molar-refractivity contribution is 5.96. The maximum atomic E-state index is 11.7. The number of urea groups is 1. The van der Waals surface area contributed by atoms with Gasteiger partial charge in [0, 0.05) is 0 Å². The molecule has 0 aromatic heterocycles. The summed E-state index contributed by atoms with van der Waals surface area (Å²) in [5.74, 6) is -0.414. The second-order valence-corrected chi connectivity index (χ2v) is 4.72. The molecule has 7 heteroatoms. The van der Waals surface area contributed by atoms with Crippen molar-refractivity contribution in [2.75, 3.05) is 13.2 Å². The summed E-state index contributed by atoms with van der Waals surface area (Å²) >= 11 is 0. The van der Waals surface area contributed by atoms with Crippen molar-refractivity contribution in [1.82, 2.24) is 5.32 Å².